The molecule has 0 aromatic carbocycles. The summed E-state index contributed by atoms with van der Waals surface area (Å²) in [6.07, 6.45) is 2.89. The first kappa shape index (κ1) is 13.5. The molecule has 0 aromatic heterocycles. The summed E-state index contributed by atoms with van der Waals surface area (Å²) in [6.45, 7) is 6.06. The molecule has 0 heterocycles. The Kier molecular flexibility index (Phi) is 11.1. The maximum Gasteiger partial charge on any atom is 0.331 e. The predicted octanol–water partition coefficient (Wildman–Crippen LogP) is 0.107. The van der Waals surface area contributed by atoms with Crippen LogP contribution in [0.2, 0.25) is 0 Å². The normalized spacial score (nSPS) is 9.75. The van der Waals surface area contributed by atoms with Crippen molar-refractivity contribution < 1.29 is 9.90 Å². The van der Waals surface area contributed by atoms with E-state index < -0.39 is 5.97 Å². The lowest BCUT2D eigenvalue weighted by atomic mass is 10.3. The third-order valence-corrected chi connectivity index (χ3v) is 0.872. The monoisotopic (exact) mass is 172 g/mol. The number of carboxylic acid groups (broad SMARTS) is 1. The third kappa shape index (κ3) is 11.6. The molecule has 0 amide bonds. The smallest absolute Gasteiger partial charge is 0.331 e. The van der Waals surface area contributed by atoms with Crippen molar-refractivity contribution in [1.29, 1.82) is 0 Å². The molecule has 0 spiro atoms. The van der Waals surface area contributed by atoms with Crippen molar-refractivity contribution in [3.8, 4) is 0 Å². The molecule has 0 fully saturated rings. The molecule has 0 rings (SSSR count). The zero-order chi connectivity index (χ0) is 9.98. The highest BCUT2D eigenvalue weighted by Crippen LogP contribution is 1.89. The van der Waals surface area contributed by atoms with E-state index in [4.69, 9.17) is 16.6 Å². The molecule has 0 bridgehead atoms. The van der Waals surface area contributed by atoms with Gasteiger partial charge < -0.3 is 16.6 Å². The Morgan fingerprint density at radius 1 is 1.50 bits per heavy atom. The molecule has 4 heteroatoms. The molecule has 0 aliphatic heterocycles. The molecule has 0 radical (unpaired) electrons. The van der Waals surface area contributed by atoms with Crippen molar-refractivity contribution in [2.75, 3.05) is 13.1 Å². The van der Waals surface area contributed by atoms with Gasteiger partial charge in [-0.05, 0) is 6.92 Å². The summed E-state index contributed by atoms with van der Waals surface area (Å²) >= 11 is 0. The molecule has 0 aliphatic carbocycles. The minimum atomic E-state index is -0.898. The lowest BCUT2D eigenvalue weighted by Crippen LogP contribution is -2.11. The van der Waals surface area contributed by atoms with Crippen LogP contribution in [-0.2, 0) is 4.79 Å². The average molecular weight is 172 g/mol. The first-order valence-corrected chi connectivity index (χ1v) is 3.52. The SMILES string of the molecule is C=CC=C(C)C(=O)O.NCCN. The second-order valence-electron chi connectivity index (χ2n) is 1.97. The summed E-state index contributed by atoms with van der Waals surface area (Å²) < 4.78 is 0. The molecule has 0 unspecified atom stereocenters. The van der Waals surface area contributed by atoms with Gasteiger partial charge in [-0.2, -0.15) is 0 Å². The number of allylic oxidation sites excluding steroid dienone is 2. The number of aliphatic carboxylic acids is 1. The Hall–Kier alpha value is -1.13. The van der Waals surface area contributed by atoms with E-state index >= 15 is 0 Å². The summed E-state index contributed by atoms with van der Waals surface area (Å²) in [4.78, 5) is 9.97. The number of hydrogen-bond acceptors (Lipinski definition) is 3. The van der Waals surface area contributed by atoms with Crippen LogP contribution in [-0.4, -0.2) is 24.2 Å². The van der Waals surface area contributed by atoms with Gasteiger partial charge in [0.05, 0.1) is 0 Å². The van der Waals surface area contributed by atoms with Gasteiger partial charge in [0.25, 0.3) is 0 Å². The van der Waals surface area contributed by atoms with E-state index in [1.807, 2.05) is 0 Å². The highest BCUT2D eigenvalue weighted by molar-refractivity contribution is 5.86. The average Bonchev–Trinajstić information content (AvgIpc) is 2.05. The quantitative estimate of drug-likeness (QED) is 0.416. The van der Waals surface area contributed by atoms with Gasteiger partial charge in [-0.25, -0.2) is 4.79 Å². The second-order valence-corrected chi connectivity index (χ2v) is 1.97. The van der Waals surface area contributed by atoms with E-state index in [0.29, 0.717) is 18.7 Å². The van der Waals surface area contributed by atoms with E-state index in [2.05, 4.69) is 6.58 Å². The van der Waals surface area contributed by atoms with E-state index in [0.717, 1.165) is 0 Å². The van der Waals surface area contributed by atoms with Crippen molar-refractivity contribution in [3.05, 3.63) is 24.3 Å². The summed E-state index contributed by atoms with van der Waals surface area (Å²) in [5.41, 5.74) is 10.1. The first-order chi connectivity index (χ1) is 5.59. The van der Waals surface area contributed by atoms with Crippen LogP contribution in [0.15, 0.2) is 24.3 Å². The first-order valence-electron chi connectivity index (χ1n) is 3.52. The highest BCUT2D eigenvalue weighted by Gasteiger charge is 1.94. The fourth-order valence-electron chi connectivity index (χ4n) is 0.248. The highest BCUT2D eigenvalue weighted by atomic mass is 16.4. The summed E-state index contributed by atoms with van der Waals surface area (Å²) in [6, 6.07) is 0. The molecule has 4 nitrogen and oxygen atoms in total. The second kappa shape index (κ2) is 9.87. The van der Waals surface area contributed by atoms with E-state index in [9.17, 15) is 4.79 Å². The molecule has 0 saturated carbocycles. The molecule has 70 valence electrons. The molecule has 5 N–H and O–H groups in total. The van der Waals surface area contributed by atoms with Crippen molar-refractivity contribution in [3.63, 3.8) is 0 Å². The standard InChI is InChI=1S/C6H8O2.C2H8N2/c1-3-4-5(2)6(7)8;3-1-2-4/h3-4H,1H2,2H3,(H,7,8);1-4H2. The van der Waals surface area contributed by atoms with Gasteiger partial charge in [-0.1, -0.05) is 18.7 Å². The maximum atomic E-state index is 9.97. The van der Waals surface area contributed by atoms with Crippen LogP contribution in [0.25, 0.3) is 0 Å². The lowest BCUT2D eigenvalue weighted by Gasteiger charge is -1.84. The number of hydrogen-bond donors (Lipinski definition) is 3. The van der Waals surface area contributed by atoms with Crippen molar-refractivity contribution in [2.45, 2.75) is 6.92 Å². The van der Waals surface area contributed by atoms with Gasteiger partial charge in [0.2, 0.25) is 0 Å². The van der Waals surface area contributed by atoms with Crippen LogP contribution in [0.1, 0.15) is 6.92 Å². The van der Waals surface area contributed by atoms with Crippen LogP contribution < -0.4 is 11.5 Å². The van der Waals surface area contributed by atoms with E-state index in [1.165, 1.54) is 19.1 Å². The fourth-order valence-corrected chi connectivity index (χ4v) is 0.248. The van der Waals surface area contributed by atoms with E-state index in [-0.39, 0.29) is 0 Å². The van der Waals surface area contributed by atoms with Gasteiger partial charge in [0.15, 0.2) is 0 Å². The van der Waals surface area contributed by atoms with Gasteiger partial charge in [-0.15, -0.1) is 0 Å². The largest absolute Gasteiger partial charge is 0.478 e. The van der Waals surface area contributed by atoms with Gasteiger partial charge in [-0.3, -0.25) is 0 Å². The molecular weight excluding hydrogens is 156 g/mol. The van der Waals surface area contributed by atoms with Gasteiger partial charge in [0, 0.05) is 18.7 Å². The molecule has 12 heavy (non-hydrogen) atoms. The third-order valence-electron chi connectivity index (χ3n) is 0.872. The maximum absolute atomic E-state index is 9.97. The molecule has 0 atom stereocenters. The molecule has 0 aliphatic rings. The van der Waals surface area contributed by atoms with Crippen LogP contribution in [0, 0.1) is 0 Å². The lowest BCUT2D eigenvalue weighted by molar-refractivity contribution is -0.132. The Morgan fingerprint density at radius 2 is 1.92 bits per heavy atom. The number of rotatable bonds is 3. The summed E-state index contributed by atoms with van der Waals surface area (Å²) in [5.74, 6) is -0.898. The van der Waals surface area contributed by atoms with Crippen molar-refractivity contribution >= 4 is 5.97 Å². The Morgan fingerprint density at radius 3 is 2.00 bits per heavy atom. The number of nitrogens with two attached hydrogens (primary N) is 2. The number of carbonyl (C=O) groups is 1. The van der Waals surface area contributed by atoms with Gasteiger partial charge >= 0.3 is 5.97 Å². The zero-order valence-electron chi connectivity index (χ0n) is 7.29. The van der Waals surface area contributed by atoms with E-state index in [1.54, 1.807) is 0 Å². The predicted molar refractivity (Wildman–Crippen MR) is 49.7 cm³/mol. The van der Waals surface area contributed by atoms with Gasteiger partial charge in [0.1, 0.15) is 0 Å². The topological polar surface area (TPSA) is 89.3 Å². The Balaban J connectivity index is 0. The fraction of sp³-hybridized carbons (Fsp3) is 0.375. The summed E-state index contributed by atoms with van der Waals surface area (Å²) in [7, 11) is 0. The van der Waals surface area contributed by atoms with Crippen molar-refractivity contribution in [2.24, 2.45) is 11.5 Å². The Bertz CT molecular complexity index is 162. The van der Waals surface area contributed by atoms with Crippen LogP contribution in [0.3, 0.4) is 0 Å². The van der Waals surface area contributed by atoms with Crippen molar-refractivity contribution in [1.82, 2.24) is 0 Å². The van der Waals surface area contributed by atoms with Crippen LogP contribution in [0.4, 0.5) is 0 Å². The number of carboxylic acids is 1. The minimum absolute atomic E-state index is 0.306. The van der Waals surface area contributed by atoms with Crippen LogP contribution >= 0.6 is 0 Å². The summed E-state index contributed by atoms with van der Waals surface area (Å²) in [5, 5.41) is 8.20. The Labute approximate surface area is 72.6 Å². The molecule has 0 aromatic rings. The van der Waals surface area contributed by atoms with Crippen LogP contribution in [0.5, 0.6) is 0 Å². The molecular formula is C8H16N2O2. The molecule has 0 saturated heterocycles. The zero-order valence-corrected chi connectivity index (χ0v) is 7.29. The minimum Gasteiger partial charge on any atom is -0.478 e.